The van der Waals surface area contributed by atoms with Crippen molar-refractivity contribution in [3.63, 3.8) is 0 Å². The molecule has 0 spiro atoms. The molecule has 1 N–H and O–H groups in total. The number of rotatable bonds is 7. The molecule has 0 aliphatic carbocycles. The van der Waals surface area contributed by atoms with Crippen molar-refractivity contribution in [2.45, 2.75) is 4.90 Å². The van der Waals surface area contributed by atoms with Crippen LogP contribution in [0, 0.1) is 0 Å². The third-order valence-electron chi connectivity index (χ3n) is 3.55. The predicted molar refractivity (Wildman–Crippen MR) is 101 cm³/mol. The lowest BCUT2D eigenvalue weighted by Crippen LogP contribution is -2.18. The highest BCUT2D eigenvalue weighted by atomic mass is 32.2. The number of esters is 2. The zero-order valence-corrected chi connectivity index (χ0v) is 15.9. The minimum atomic E-state index is -0.621. The van der Waals surface area contributed by atoms with Crippen LogP contribution < -0.4 is 10.1 Å². The zero-order valence-electron chi connectivity index (χ0n) is 15.1. The van der Waals surface area contributed by atoms with Crippen molar-refractivity contribution in [1.29, 1.82) is 0 Å². The van der Waals surface area contributed by atoms with E-state index in [1.165, 1.54) is 44.2 Å². The van der Waals surface area contributed by atoms with Crippen LogP contribution in [0.3, 0.4) is 0 Å². The fourth-order valence-electron chi connectivity index (χ4n) is 2.19. The molecule has 27 heavy (non-hydrogen) atoms. The number of hydrogen-bond acceptors (Lipinski definition) is 7. The van der Waals surface area contributed by atoms with E-state index in [0.717, 1.165) is 10.6 Å². The standard InChI is InChI=1S/C19H19NO6S/c1-24-13-5-7-14(8-6-13)27-11-17(21)20-16-10-12(18(22)25-2)4-9-15(16)19(23)26-3/h4-10H,11H2,1-3H3,(H,20,21). The maximum absolute atomic E-state index is 12.3. The van der Waals surface area contributed by atoms with E-state index in [9.17, 15) is 14.4 Å². The molecule has 0 radical (unpaired) electrons. The number of anilines is 1. The van der Waals surface area contributed by atoms with Gasteiger partial charge in [0.05, 0.1) is 43.9 Å². The van der Waals surface area contributed by atoms with E-state index in [4.69, 9.17) is 9.47 Å². The highest BCUT2D eigenvalue weighted by Gasteiger charge is 2.17. The van der Waals surface area contributed by atoms with Gasteiger partial charge in [0, 0.05) is 4.90 Å². The molecular weight excluding hydrogens is 370 g/mol. The van der Waals surface area contributed by atoms with E-state index in [2.05, 4.69) is 10.1 Å². The van der Waals surface area contributed by atoms with Gasteiger partial charge in [-0.15, -0.1) is 11.8 Å². The smallest absolute Gasteiger partial charge is 0.339 e. The SMILES string of the molecule is COC(=O)c1ccc(C(=O)OC)c(NC(=O)CSc2ccc(OC)cc2)c1. The molecule has 8 heteroatoms. The molecule has 0 heterocycles. The topological polar surface area (TPSA) is 90.9 Å². The summed E-state index contributed by atoms with van der Waals surface area (Å²) in [4.78, 5) is 36.8. The fraction of sp³-hybridized carbons (Fsp3) is 0.211. The number of benzene rings is 2. The quantitative estimate of drug-likeness (QED) is 0.575. The second-order valence-electron chi connectivity index (χ2n) is 5.26. The van der Waals surface area contributed by atoms with Crippen molar-refractivity contribution in [3.8, 4) is 5.75 Å². The van der Waals surface area contributed by atoms with Crippen molar-refractivity contribution in [2.75, 3.05) is 32.4 Å². The maximum Gasteiger partial charge on any atom is 0.339 e. The second kappa shape index (κ2) is 9.63. The monoisotopic (exact) mass is 389 g/mol. The van der Waals surface area contributed by atoms with Crippen molar-refractivity contribution >= 4 is 35.3 Å². The van der Waals surface area contributed by atoms with Crippen LogP contribution in [0.5, 0.6) is 5.75 Å². The average molecular weight is 389 g/mol. The number of carbonyl (C=O) groups is 3. The first-order valence-electron chi connectivity index (χ1n) is 7.86. The first-order chi connectivity index (χ1) is 13.0. The first kappa shape index (κ1) is 20.3. The van der Waals surface area contributed by atoms with Crippen LogP contribution >= 0.6 is 11.8 Å². The molecule has 2 rings (SSSR count). The van der Waals surface area contributed by atoms with Gasteiger partial charge >= 0.3 is 11.9 Å². The molecule has 0 saturated heterocycles. The Morgan fingerprint density at radius 1 is 0.926 bits per heavy atom. The van der Waals surface area contributed by atoms with Gasteiger partial charge < -0.3 is 19.5 Å². The molecule has 0 unspecified atom stereocenters. The molecule has 1 amide bonds. The van der Waals surface area contributed by atoms with E-state index in [1.54, 1.807) is 19.2 Å². The molecule has 0 saturated carbocycles. The van der Waals surface area contributed by atoms with Crippen LogP contribution in [0.1, 0.15) is 20.7 Å². The van der Waals surface area contributed by atoms with Crippen LogP contribution in [-0.4, -0.2) is 44.9 Å². The summed E-state index contributed by atoms with van der Waals surface area (Å²) in [6, 6.07) is 11.5. The molecular formula is C19H19NO6S. The van der Waals surface area contributed by atoms with Gasteiger partial charge in [-0.1, -0.05) is 0 Å². The molecule has 2 aromatic carbocycles. The van der Waals surface area contributed by atoms with Gasteiger partial charge in [-0.3, -0.25) is 4.79 Å². The molecule has 0 fully saturated rings. The molecule has 7 nitrogen and oxygen atoms in total. The number of methoxy groups -OCH3 is 3. The van der Waals surface area contributed by atoms with Crippen LogP contribution in [0.2, 0.25) is 0 Å². The third kappa shape index (κ3) is 5.49. The summed E-state index contributed by atoms with van der Waals surface area (Å²) in [5.41, 5.74) is 0.543. The van der Waals surface area contributed by atoms with Gasteiger partial charge in [-0.2, -0.15) is 0 Å². The summed E-state index contributed by atoms with van der Waals surface area (Å²) in [5.74, 6) is -0.678. The van der Waals surface area contributed by atoms with Gasteiger partial charge in [0.15, 0.2) is 0 Å². The normalized spacial score (nSPS) is 10.0. The molecule has 0 atom stereocenters. The second-order valence-corrected chi connectivity index (χ2v) is 6.30. The molecule has 142 valence electrons. The summed E-state index contributed by atoms with van der Waals surface area (Å²) in [6.07, 6.45) is 0. The third-order valence-corrected chi connectivity index (χ3v) is 4.56. The van der Waals surface area contributed by atoms with Gasteiger partial charge in [0.2, 0.25) is 5.91 Å². The Bertz CT molecular complexity index is 835. The largest absolute Gasteiger partial charge is 0.497 e. The lowest BCUT2D eigenvalue weighted by molar-refractivity contribution is -0.113. The molecule has 0 aromatic heterocycles. The van der Waals surface area contributed by atoms with Crippen molar-refractivity contribution in [3.05, 3.63) is 53.6 Å². The van der Waals surface area contributed by atoms with E-state index in [1.807, 2.05) is 12.1 Å². The van der Waals surface area contributed by atoms with Gasteiger partial charge in [-0.25, -0.2) is 9.59 Å². The lowest BCUT2D eigenvalue weighted by Gasteiger charge is -2.11. The fourth-order valence-corrected chi connectivity index (χ4v) is 2.89. The molecule has 0 aliphatic heterocycles. The average Bonchev–Trinajstić information content (AvgIpc) is 2.71. The first-order valence-corrected chi connectivity index (χ1v) is 8.84. The predicted octanol–water partition coefficient (Wildman–Crippen LogP) is 3.00. The Kier molecular flexibility index (Phi) is 7.25. The van der Waals surface area contributed by atoms with Gasteiger partial charge in [-0.05, 0) is 42.5 Å². The Hall–Kier alpha value is -3.00. The number of hydrogen-bond donors (Lipinski definition) is 1. The number of ether oxygens (including phenoxy) is 3. The minimum absolute atomic E-state index is 0.120. The van der Waals surface area contributed by atoms with E-state index in [0.29, 0.717) is 0 Å². The zero-order chi connectivity index (χ0) is 19.8. The maximum atomic E-state index is 12.3. The summed E-state index contributed by atoms with van der Waals surface area (Å²) in [6.45, 7) is 0. The Labute approximate surface area is 161 Å². The molecule has 0 bridgehead atoms. The van der Waals surface area contributed by atoms with Crippen LogP contribution in [0.15, 0.2) is 47.4 Å². The minimum Gasteiger partial charge on any atom is -0.497 e. The number of nitrogens with one attached hydrogen (secondary N) is 1. The van der Waals surface area contributed by atoms with E-state index >= 15 is 0 Å². The Morgan fingerprint density at radius 2 is 1.59 bits per heavy atom. The van der Waals surface area contributed by atoms with Crippen LogP contribution in [-0.2, 0) is 14.3 Å². The molecule has 2 aromatic rings. The van der Waals surface area contributed by atoms with Crippen molar-refractivity contribution in [1.82, 2.24) is 0 Å². The number of amides is 1. The Morgan fingerprint density at radius 3 is 2.19 bits per heavy atom. The molecule has 0 aliphatic rings. The highest BCUT2D eigenvalue weighted by molar-refractivity contribution is 8.00. The number of carbonyl (C=O) groups excluding carboxylic acids is 3. The Balaban J connectivity index is 2.11. The summed E-state index contributed by atoms with van der Waals surface area (Å²) in [5, 5.41) is 2.64. The number of thioether (sulfide) groups is 1. The van der Waals surface area contributed by atoms with Gasteiger partial charge in [0.1, 0.15) is 5.75 Å². The summed E-state index contributed by atoms with van der Waals surface area (Å²) in [7, 11) is 4.07. The van der Waals surface area contributed by atoms with Crippen LogP contribution in [0.25, 0.3) is 0 Å². The van der Waals surface area contributed by atoms with E-state index < -0.39 is 11.9 Å². The van der Waals surface area contributed by atoms with Crippen molar-refractivity contribution in [2.24, 2.45) is 0 Å². The van der Waals surface area contributed by atoms with Crippen molar-refractivity contribution < 1.29 is 28.6 Å². The lowest BCUT2D eigenvalue weighted by atomic mass is 10.1. The van der Waals surface area contributed by atoms with Gasteiger partial charge in [0.25, 0.3) is 0 Å². The van der Waals surface area contributed by atoms with E-state index in [-0.39, 0.29) is 28.5 Å². The highest BCUT2D eigenvalue weighted by Crippen LogP contribution is 2.23. The summed E-state index contributed by atoms with van der Waals surface area (Å²) < 4.78 is 14.5. The van der Waals surface area contributed by atoms with Crippen LogP contribution in [0.4, 0.5) is 5.69 Å². The summed E-state index contributed by atoms with van der Waals surface area (Å²) >= 11 is 1.33.